The van der Waals surface area contributed by atoms with Gasteiger partial charge in [-0.25, -0.2) is 0 Å². The Morgan fingerprint density at radius 2 is 1.11 bits per heavy atom. The number of likely N-dealkylation sites (N-methyl/N-ethyl adjacent to an activating group) is 2. The fourth-order valence-electron chi connectivity index (χ4n) is 2.41. The van der Waals surface area contributed by atoms with Crippen molar-refractivity contribution in [2.45, 2.75) is 51.6 Å². The van der Waals surface area contributed by atoms with Crippen LogP contribution < -0.4 is 11.5 Å². The van der Waals surface area contributed by atoms with E-state index in [2.05, 4.69) is 23.9 Å². The van der Waals surface area contributed by atoms with Crippen molar-refractivity contribution in [2.24, 2.45) is 11.5 Å². The summed E-state index contributed by atoms with van der Waals surface area (Å²) >= 11 is 0. The molecule has 2 unspecified atom stereocenters. The molecule has 0 aliphatic carbocycles. The highest BCUT2D eigenvalue weighted by molar-refractivity contribution is 4.72. The average molecular weight is 258 g/mol. The Kier molecular flexibility index (Phi) is 10.6. The summed E-state index contributed by atoms with van der Waals surface area (Å²) in [7, 11) is 4.25. The van der Waals surface area contributed by atoms with Gasteiger partial charge in [0.15, 0.2) is 0 Å². The Balaban J connectivity index is 0.000000283. The summed E-state index contributed by atoms with van der Waals surface area (Å²) in [5, 5.41) is 0. The standard InChI is InChI=1S/2C6H14N2.C2H6/c2*1-8-4-2-3-6(7)5-8;1-2/h2*6H,2-5,7H2,1H3;1-2H3. The van der Waals surface area contributed by atoms with E-state index in [1.165, 1.54) is 38.8 Å². The lowest BCUT2D eigenvalue weighted by atomic mass is 10.1. The predicted molar refractivity (Wildman–Crippen MR) is 80.8 cm³/mol. The van der Waals surface area contributed by atoms with Gasteiger partial charge in [-0.15, -0.1) is 0 Å². The maximum absolute atomic E-state index is 5.68. The van der Waals surface area contributed by atoms with Crippen molar-refractivity contribution >= 4 is 0 Å². The second-order valence-electron chi connectivity index (χ2n) is 5.33. The Morgan fingerprint density at radius 1 is 0.778 bits per heavy atom. The minimum atomic E-state index is 0.439. The first kappa shape index (κ1) is 17.8. The molecule has 18 heavy (non-hydrogen) atoms. The maximum Gasteiger partial charge on any atom is 0.0168 e. The van der Waals surface area contributed by atoms with Gasteiger partial charge in [0, 0.05) is 25.2 Å². The van der Waals surface area contributed by atoms with Crippen LogP contribution in [0.15, 0.2) is 0 Å². The van der Waals surface area contributed by atoms with Gasteiger partial charge in [0.05, 0.1) is 0 Å². The molecule has 4 heteroatoms. The lowest BCUT2D eigenvalue weighted by molar-refractivity contribution is 0.252. The molecule has 0 radical (unpaired) electrons. The quantitative estimate of drug-likeness (QED) is 0.683. The van der Waals surface area contributed by atoms with Crippen molar-refractivity contribution < 1.29 is 0 Å². The van der Waals surface area contributed by atoms with E-state index in [1.807, 2.05) is 13.8 Å². The van der Waals surface area contributed by atoms with Gasteiger partial charge in [0.2, 0.25) is 0 Å². The first-order chi connectivity index (χ1) is 8.58. The summed E-state index contributed by atoms with van der Waals surface area (Å²) in [6, 6.07) is 0.877. The summed E-state index contributed by atoms with van der Waals surface area (Å²) in [5.74, 6) is 0. The molecule has 0 spiro atoms. The van der Waals surface area contributed by atoms with Gasteiger partial charge in [-0.3, -0.25) is 0 Å². The van der Waals surface area contributed by atoms with Crippen molar-refractivity contribution in [3.05, 3.63) is 0 Å². The van der Waals surface area contributed by atoms with E-state index in [1.54, 1.807) is 0 Å². The number of rotatable bonds is 0. The highest BCUT2D eigenvalue weighted by Crippen LogP contribution is 2.05. The molecule has 0 amide bonds. The molecule has 2 heterocycles. The molecule has 4 N–H and O–H groups in total. The van der Waals surface area contributed by atoms with Crippen LogP contribution in [0.2, 0.25) is 0 Å². The third-order valence-electron chi connectivity index (χ3n) is 3.32. The molecule has 4 nitrogen and oxygen atoms in total. The van der Waals surface area contributed by atoms with Crippen LogP contribution in [-0.4, -0.2) is 62.2 Å². The second-order valence-corrected chi connectivity index (χ2v) is 5.33. The zero-order valence-corrected chi connectivity index (χ0v) is 12.9. The molecule has 0 saturated carbocycles. The molecule has 2 atom stereocenters. The summed E-state index contributed by atoms with van der Waals surface area (Å²) in [4.78, 5) is 4.57. The number of likely N-dealkylation sites (tertiary alicyclic amines) is 2. The fraction of sp³-hybridized carbons (Fsp3) is 1.00. The molecular weight excluding hydrogens is 224 g/mol. The monoisotopic (exact) mass is 258 g/mol. The van der Waals surface area contributed by atoms with Crippen LogP contribution in [-0.2, 0) is 0 Å². The molecule has 2 saturated heterocycles. The lowest BCUT2D eigenvalue weighted by Crippen LogP contribution is -2.40. The highest BCUT2D eigenvalue weighted by atomic mass is 15.1. The van der Waals surface area contributed by atoms with E-state index in [4.69, 9.17) is 11.5 Å². The number of nitrogens with two attached hydrogens (primary N) is 2. The summed E-state index contributed by atoms with van der Waals surface area (Å²) in [6.45, 7) is 8.63. The molecule has 0 aromatic carbocycles. The Morgan fingerprint density at radius 3 is 1.28 bits per heavy atom. The Labute approximate surface area is 114 Å². The summed E-state index contributed by atoms with van der Waals surface area (Å²) < 4.78 is 0. The Bertz CT molecular complexity index is 151. The SMILES string of the molecule is CC.CN1CCCC(N)C1.CN1CCCC(N)C1. The fourth-order valence-corrected chi connectivity index (χ4v) is 2.41. The van der Waals surface area contributed by atoms with Gasteiger partial charge in [-0.05, 0) is 52.9 Å². The molecule has 110 valence electrons. The van der Waals surface area contributed by atoms with E-state index < -0.39 is 0 Å². The molecule has 2 aliphatic heterocycles. The maximum atomic E-state index is 5.68. The largest absolute Gasteiger partial charge is 0.327 e. The second kappa shape index (κ2) is 10.7. The molecule has 2 aliphatic rings. The minimum Gasteiger partial charge on any atom is -0.327 e. The number of nitrogens with zero attached hydrogens (tertiary/aromatic N) is 2. The van der Waals surface area contributed by atoms with E-state index in [-0.39, 0.29) is 0 Å². The first-order valence-corrected chi connectivity index (χ1v) is 7.46. The van der Waals surface area contributed by atoms with Gasteiger partial charge < -0.3 is 21.3 Å². The smallest absolute Gasteiger partial charge is 0.0168 e. The molecule has 0 bridgehead atoms. The third-order valence-corrected chi connectivity index (χ3v) is 3.32. The number of hydrogen-bond acceptors (Lipinski definition) is 4. The van der Waals surface area contributed by atoms with Gasteiger partial charge in [-0.1, -0.05) is 13.8 Å². The van der Waals surface area contributed by atoms with E-state index in [0.717, 1.165) is 13.1 Å². The highest BCUT2D eigenvalue weighted by Gasteiger charge is 2.12. The van der Waals surface area contributed by atoms with Gasteiger partial charge >= 0.3 is 0 Å². The number of piperidine rings is 2. The van der Waals surface area contributed by atoms with Crippen LogP contribution in [0.25, 0.3) is 0 Å². The lowest BCUT2D eigenvalue weighted by Gasteiger charge is -2.26. The third kappa shape index (κ3) is 8.86. The molecule has 0 aromatic rings. The first-order valence-electron chi connectivity index (χ1n) is 7.46. The summed E-state index contributed by atoms with van der Waals surface area (Å²) in [6.07, 6.45) is 4.98. The van der Waals surface area contributed by atoms with Crippen LogP contribution in [0.4, 0.5) is 0 Å². The van der Waals surface area contributed by atoms with Crippen LogP contribution >= 0.6 is 0 Å². The van der Waals surface area contributed by atoms with Gasteiger partial charge in [-0.2, -0.15) is 0 Å². The van der Waals surface area contributed by atoms with Crippen molar-refractivity contribution in [1.29, 1.82) is 0 Å². The van der Waals surface area contributed by atoms with Crippen LogP contribution in [0, 0.1) is 0 Å². The normalized spacial score (nSPS) is 29.7. The molecule has 0 aromatic heterocycles. The minimum absolute atomic E-state index is 0.439. The van der Waals surface area contributed by atoms with Crippen molar-refractivity contribution in [1.82, 2.24) is 9.80 Å². The summed E-state index contributed by atoms with van der Waals surface area (Å²) in [5.41, 5.74) is 11.4. The number of hydrogen-bond donors (Lipinski definition) is 2. The van der Waals surface area contributed by atoms with Crippen molar-refractivity contribution in [3.8, 4) is 0 Å². The zero-order chi connectivity index (χ0) is 14.0. The van der Waals surface area contributed by atoms with E-state index in [0.29, 0.717) is 12.1 Å². The average Bonchev–Trinajstić information content (AvgIpc) is 2.31. The van der Waals surface area contributed by atoms with E-state index >= 15 is 0 Å². The van der Waals surface area contributed by atoms with E-state index in [9.17, 15) is 0 Å². The van der Waals surface area contributed by atoms with Crippen LogP contribution in [0.3, 0.4) is 0 Å². The van der Waals surface area contributed by atoms with Gasteiger partial charge in [0.25, 0.3) is 0 Å². The van der Waals surface area contributed by atoms with Crippen molar-refractivity contribution in [2.75, 3.05) is 40.3 Å². The molecule has 2 rings (SSSR count). The predicted octanol–water partition coefficient (Wildman–Crippen LogP) is 1.10. The Hall–Kier alpha value is -0.160. The molecular formula is C14H34N4. The van der Waals surface area contributed by atoms with Crippen LogP contribution in [0.5, 0.6) is 0 Å². The zero-order valence-electron chi connectivity index (χ0n) is 12.9. The van der Waals surface area contributed by atoms with Crippen LogP contribution in [0.1, 0.15) is 39.5 Å². The molecule has 2 fully saturated rings. The van der Waals surface area contributed by atoms with Gasteiger partial charge in [0.1, 0.15) is 0 Å². The van der Waals surface area contributed by atoms with Crippen molar-refractivity contribution in [3.63, 3.8) is 0 Å². The topological polar surface area (TPSA) is 58.5 Å².